The summed E-state index contributed by atoms with van der Waals surface area (Å²) in [6, 6.07) is 1.36. The van der Waals surface area contributed by atoms with Gasteiger partial charge in [-0.25, -0.2) is 13.2 Å². The molecule has 0 aromatic heterocycles. The molecular formula is C11H10BrF3O. The summed E-state index contributed by atoms with van der Waals surface area (Å²) in [7, 11) is 0. The van der Waals surface area contributed by atoms with Crippen LogP contribution >= 0.6 is 15.9 Å². The molecule has 0 radical (unpaired) electrons. The summed E-state index contributed by atoms with van der Waals surface area (Å²) in [5.41, 5.74) is -0.159. The molecule has 0 aliphatic carbocycles. The Morgan fingerprint density at radius 2 is 1.88 bits per heavy atom. The Labute approximate surface area is 99.7 Å². The van der Waals surface area contributed by atoms with E-state index in [1.165, 1.54) is 0 Å². The number of benzene rings is 1. The van der Waals surface area contributed by atoms with Crippen LogP contribution in [-0.2, 0) is 4.74 Å². The van der Waals surface area contributed by atoms with Gasteiger partial charge in [-0.05, 0) is 12.8 Å². The van der Waals surface area contributed by atoms with Gasteiger partial charge in [-0.1, -0.05) is 15.9 Å². The highest BCUT2D eigenvalue weighted by Gasteiger charge is 2.29. The highest BCUT2D eigenvalue weighted by molar-refractivity contribution is 9.09. The van der Waals surface area contributed by atoms with Crippen LogP contribution in [0.1, 0.15) is 23.2 Å². The van der Waals surface area contributed by atoms with Crippen molar-refractivity contribution in [1.82, 2.24) is 0 Å². The fourth-order valence-corrected chi connectivity index (χ4v) is 2.69. The lowest BCUT2D eigenvalue weighted by atomic mass is 10.0. The molecule has 2 unspecified atom stereocenters. The molecule has 1 heterocycles. The lowest BCUT2D eigenvalue weighted by molar-refractivity contribution is 0.109. The average Bonchev–Trinajstić information content (AvgIpc) is 2.67. The van der Waals surface area contributed by atoms with Gasteiger partial charge in [0, 0.05) is 24.3 Å². The van der Waals surface area contributed by atoms with E-state index in [9.17, 15) is 13.2 Å². The molecule has 1 aromatic carbocycles. The van der Waals surface area contributed by atoms with Gasteiger partial charge in [0.15, 0.2) is 0 Å². The van der Waals surface area contributed by atoms with Gasteiger partial charge in [-0.15, -0.1) is 0 Å². The Bertz CT molecular complexity index is 368. The van der Waals surface area contributed by atoms with E-state index in [0.717, 1.165) is 12.8 Å². The van der Waals surface area contributed by atoms with Crippen molar-refractivity contribution in [3.05, 3.63) is 35.1 Å². The van der Waals surface area contributed by atoms with Gasteiger partial charge in [0.05, 0.1) is 10.9 Å². The number of hydrogen-bond donors (Lipinski definition) is 0. The molecule has 1 aliphatic heterocycles. The third kappa shape index (κ3) is 2.25. The second-order valence-electron chi connectivity index (χ2n) is 3.74. The molecule has 2 atom stereocenters. The van der Waals surface area contributed by atoms with Gasteiger partial charge in [0.2, 0.25) is 0 Å². The van der Waals surface area contributed by atoms with E-state index in [-0.39, 0.29) is 11.7 Å². The van der Waals surface area contributed by atoms with Crippen molar-refractivity contribution in [2.45, 2.75) is 23.8 Å². The van der Waals surface area contributed by atoms with Crippen molar-refractivity contribution in [2.75, 3.05) is 6.61 Å². The number of ether oxygens (including phenoxy) is 1. The molecule has 1 nitrogen and oxygen atoms in total. The monoisotopic (exact) mass is 294 g/mol. The zero-order valence-electron chi connectivity index (χ0n) is 8.35. The largest absolute Gasteiger partial charge is 0.377 e. The van der Waals surface area contributed by atoms with Crippen LogP contribution in [0.15, 0.2) is 12.1 Å². The molecular weight excluding hydrogens is 285 g/mol. The van der Waals surface area contributed by atoms with Crippen LogP contribution in [0.25, 0.3) is 0 Å². The maximum absolute atomic E-state index is 13.4. The first kappa shape index (κ1) is 11.9. The van der Waals surface area contributed by atoms with Crippen molar-refractivity contribution in [3.8, 4) is 0 Å². The minimum atomic E-state index is -0.911. The van der Waals surface area contributed by atoms with E-state index in [1.54, 1.807) is 0 Å². The molecule has 0 amide bonds. The molecule has 0 bridgehead atoms. The highest BCUT2D eigenvalue weighted by atomic mass is 79.9. The summed E-state index contributed by atoms with van der Waals surface area (Å²) in [5, 5.41) is 0. The molecule has 0 N–H and O–H groups in total. The van der Waals surface area contributed by atoms with Crippen molar-refractivity contribution in [3.63, 3.8) is 0 Å². The second kappa shape index (κ2) is 4.75. The lowest BCUT2D eigenvalue weighted by Crippen LogP contribution is -2.15. The quantitative estimate of drug-likeness (QED) is 0.756. The van der Waals surface area contributed by atoms with E-state index >= 15 is 0 Å². The van der Waals surface area contributed by atoms with Crippen LogP contribution in [0, 0.1) is 17.5 Å². The maximum atomic E-state index is 13.4. The SMILES string of the molecule is Fc1cc(F)c(C(Br)C2CCCO2)c(F)c1. The minimum Gasteiger partial charge on any atom is -0.377 e. The fraction of sp³-hybridized carbons (Fsp3) is 0.455. The van der Waals surface area contributed by atoms with Crippen LogP contribution in [0.2, 0.25) is 0 Å². The molecule has 16 heavy (non-hydrogen) atoms. The second-order valence-corrected chi connectivity index (χ2v) is 4.72. The first-order chi connectivity index (χ1) is 7.59. The standard InChI is InChI=1S/C11H10BrF3O/c12-11(9-2-1-3-16-9)10-7(14)4-6(13)5-8(10)15/h4-5,9,11H,1-3H2. The summed E-state index contributed by atoms with van der Waals surface area (Å²) in [6.45, 7) is 0.594. The van der Waals surface area contributed by atoms with Gasteiger partial charge in [-0.2, -0.15) is 0 Å². The minimum absolute atomic E-state index is 0.159. The van der Waals surface area contributed by atoms with E-state index < -0.39 is 22.3 Å². The Kier molecular flexibility index (Phi) is 3.54. The molecule has 2 rings (SSSR count). The number of rotatable bonds is 2. The van der Waals surface area contributed by atoms with Crippen molar-refractivity contribution < 1.29 is 17.9 Å². The molecule has 1 fully saturated rings. The smallest absolute Gasteiger partial charge is 0.133 e. The number of alkyl halides is 1. The van der Waals surface area contributed by atoms with Gasteiger partial charge in [-0.3, -0.25) is 0 Å². The zero-order valence-corrected chi connectivity index (χ0v) is 9.94. The molecule has 0 saturated carbocycles. The van der Waals surface area contributed by atoms with Crippen LogP contribution in [-0.4, -0.2) is 12.7 Å². The van der Waals surface area contributed by atoms with E-state index in [2.05, 4.69) is 15.9 Å². The fourth-order valence-electron chi connectivity index (χ4n) is 1.84. The summed E-state index contributed by atoms with van der Waals surface area (Å²) in [4.78, 5) is -0.574. The maximum Gasteiger partial charge on any atom is 0.133 e. The summed E-state index contributed by atoms with van der Waals surface area (Å²) in [5.74, 6) is -2.67. The van der Waals surface area contributed by atoms with Crippen LogP contribution in [0.5, 0.6) is 0 Å². The summed E-state index contributed by atoms with van der Waals surface area (Å²) < 4.78 is 45.0. The van der Waals surface area contributed by atoms with Gasteiger partial charge in [0.1, 0.15) is 17.5 Å². The number of hydrogen-bond acceptors (Lipinski definition) is 1. The topological polar surface area (TPSA) is 9.23 Å². The van der Waals surface area contributed by atoms with Crippen molar-refractivity contribution >= 4 is 15.9 Å². The molecule has 1 aromatic rings. The van der Waals surface area contributed by atoms with Crippen LogP contribution < -0.4 is 0 Å². The number of halogens is 4. The average molecular weight is 295 g/mol. The molecule has 88 valence electrons. The molecule has 0 spiro atoms. The van der Waals surface area contributed by atoms with Crippen molar-refractivity contribution in [1.29, 1.82) is 0 Å². The Morgan fingerprint density at radius 3 is 2.38 bits per heavy atom. The Morgan fingerprint density at radius 1 is 1.25 bits per heavy atom. The summed E-state index contributed by atoms with van der Waals surface area (Å²) >= 11 is 3.21. The molecule has 5 heteroatoms. The van der Waals surface area contributed by atoms with E-state index in [1.807, 2.05) is 0 Å². The van der Waals surface area contributed by atoms with Crippen molar-refractivity contribution in [2.24, 2.45) is 0 Å². The Hall–Kier alpha value is -0.550. The van der Waals surface area contributed by atoms with Crippen LogP contribution in [0.3, 0.4) is 0 Å². The van der Waals surface area contributed by atoms with Gasteiger partial charge in [0.25, 0.3) is 0 Å². The molecule has 1 aliphatic rings. The van der Waals surface area contributed by atoms with Crippen LogP contribution in [0.4, 0.5) is 13.2 Å². The first-order valence-electron chi connectivity index (χ1n) is 4.99. The predicted octanol–water partition coefficient (Wildman–Crippen LogP) is 3.72. The van der Waals surface area contributed by atoms with E-state index in [4.69, 9.17) is 4.74 Å². The Balaban J connectivity index is 2.31. The van der Waals surface area contributed by atoms with E-state index in [0.29, 0.717) is 18.7 Å². The van der Waals surface area contributed by atoms with Gasteiger partial charge < -0.3 is 4.74 Å². The first-order valence-corrected chi connectivity index (χ1v) is 5.91. The third-order valence-electron chi connectivity index (χ3n) is 2.61. The predicted molar refractivity (Wildman–Crippen MR) is 57.0 cm³/mol. The lowest BCUT2D eigenvalue weighted by Gasteiger charge is -2.18. The summed E-state index contributed by atoms with van der Waals surface area (Å²) in [6.07, 6.45) is 1.36. The van der Waals surface area contributed by atoms with Gasteiger partial charge >= 0.3 is 0 Å². The normalized spacial score (nSPS) is 22.4. The molecule has 1 saturated heterocycles. The highest BCUT2D eigenvalue weighted by Crippen LogP contribution is 2.36. The third-order valence-corrected chi connectivity index (χ3v) is 3.66. The zero-order chi connectivity index (χ0) is 11.7.